The van der Waals surface area contributed by atoms with Crippen LogP contribution in [0.25, 0.3) is 0 Å². The van der Waals surface area contributed by atoms with Crippen LogP contribution in [0.5, 0.6) is 0 Å². The summed E-state index contributed by atoms with van der Waals surface area (Å²) >= 11 is 5.96. The summed E-state index contributed by atoms with van der Waals surface area (Å²) < 4.78 is 0. The number of amides is 1. The van der Waals surface area contributed by atoms with Gasteiger partial charge in [0.25, 0.3) is 5.91 Å². The molecule has 0 fully saturated rings. The lowest BCUT2D eigenvalue weighted by atomic mass is 9.95. The van der Waals surface area contributed by atoms with Crippen LogP contribution in [0, 0.1) is 0 Å². The first-order valence-corrected chi connectivity index (χ1v) is 9.07. The first kappa shape index (κ1) is 19.5. The molecule has 0 radical (unpaired) electrons. The van der Waals surface area contributed by atoms with Gasteiger partial charge in [-0.1, -0.05) is 44.5 Å². The van der Waals surface area contributed by atoms with Gasteiger partial charge < -0.3 is 14.9 Å². The predicted molar refractivity (Wildman–Crippen MR) is 98.6 cm³/mol. The Bertz CT molecular complexity index is 666. The lowest BCUT2D eigenvalue weighted by molar-refractivity contribution is -0.129. The van der Waals surface area contributed by atoms with Crippen LogP contribution in [0.3, 0.4) is 0 Å². The minimum atomic E-state index is -0.562. The number of carbonyl (C=O) groups excluding carboxylic acids is 2. The number of aliphatic hydroxyl groups excluding tert-OH is 1. The Labute approximate surface area is 153 Å². The minimum Gasteiger partial charge on any atom is -0.503 e. The van der Waals surface area contributed by atoms with Gasteiger partial charge in [0.15, 0.2) is 11.5 Å². The van der Waals surface area contributed by atoms with Crippen LogP contribution in [0.4, 0.5) is 0 Å². The number of ketones is 1. The number of hydrogen-bond donors (Lipinski definition) is 1. The van der Waals surface area contributed by atoms with E-state index in [0.29, 0.717) is 18.1 Å². The molecule has 1 unspecified atom stereocenters. The Morgan fingerprint density at radius 1 is 1.20 bits per heavy atom. The van der Waals surface area contributed by atoms with E-state index in [1.807, 2.05) is 0 Å². The second-order valence-corrected chi connectivity index (χ2v) is 6.45. The lowest BCUT2D eigenvalue weighted by Crippen LogP contribution is -2.38. The first-order valence-electron chi connectivity index (χ1n) is 8.69. The van der Waals surface area contributed by atoms with Crippen molar-refractivity contribution >= 4 is 23.3 Å². The molecule has 0 saturated carbocycles. The van der Waals surface area contributed by atoms with Crippen molar-refractivity contribution in [3.8, 4) is 0 Å². The Morgan fingerprint density at radius 2 is 1.80 bits per heavy atom. The van der Waals surface area contributed by atoms with Crippen molar-refractivity contribution in [2.45, 2.75) is 33.2 Å². The largest absolute Gasteiger partial charge is 0.503 e. The fourth-order valence-electron chi connectivity index (χ4n) is 3.14. The molecule has 2 rings (SSSR count). The topological polar surface area (TPSA) is 60.9 Å². The fourth-order valence-corrected chi connectivity index (χ4v) is 3.27. The van der Waals surface area contributed by atoms with E-state index in [0.717, 1.165) is 18.7 Å². The minimum absolute atomic E-state index is 0.189. The smallest absolute Gasteiger partial charge is 0.290 e. The highest BCUT2D eigenvalue weighted by Crippen LogP contribution is 2.38. The quantitative estimate of drug-likeness (QED) is 0.768. The van der Waals surface area contributed by atoms with Gasteiger partial charge in [0.2, 0.25) is 0 Å². The molecule has 6 heteroatoms. The van der Waals surface area contributed by atoms with Gasteiger partial charge in [0.05, 0.1) is 11.6 Å². The van der Waals surface area contributed by atoms with E-state index in [1.165, 1.54) is 0 Å². The van der Waals surface area contributed by atoms with Crippen molar-refractivity contribution < 1.29 is 14.7 Å². The molecule has 25 heavy (non-hydrogen) atoms. The Hall–Kier alpha value is -1.85. The Kier molecular flexibility index (Phi) is 6.62. The number of likely N-dealkylation sites (N-methyl/N-ethyl adjacent to an activating group) is 1. The van der Waals surface area contributed by atoms with E-state index in [2.05, 4.69) is 18.7 Å². The maximum atomic E-state index is 12.6. The number of rotatable bonds is 8. The van der Waals surface area contributed by atoms with Gasteiger partial charge in [0, 0.05) is 24.5 Å². The van der Waals surface area contributed by atoms with Crippen molar-refractivity contribution in [2.24, 2.45) is 0 Å². The fraction of sp³-hybridized carbons (Fsp3) is 0.474. The maximum absolute atomic E-state index is 12.6. The molecule has 1 aliphatic rings. The third-order valence-corrected chi connectivity index (χ3v) is 4.91. The zero-order valence-electron chi connectivity index (χ0n) is 15.0. The summed E-state index contributed by atoms with van der Waals surface area (Å²) in [5.41, 5.74) is 0.965. The van der Waals surface area contributed by atoms with E-state index in [4.69, 9.17) is 11.6 Å². The molecule has 0 aromatic heterocycles. The summed E-state index contributed by atoms with van der Waals surface area (Å²) in [6, 6.07) is 6.49. The average Bonchev–Trinajstić information content (AvgIpc) is 2.87. The maximum Gasteiger partial charge on any atom is 0.290 e. The van der Waals surface area contributed by atoms with Crippen molar-refractivity contribution in [3.05, 3.63) is 46.2 Å². The van der Waals surface area contributed by atoms with Crippen LogP contribution in [0.1, 0.15) is 38.8 Å². The number of benzene rings is 1. The van der Waals surface area contributed by atoms with E-state index in [1.54, 1.807) is 36.1 Å². The molecule has 0 saturated heterocycles. The average molecular weight is 365 g/mol. The van der Waals surface area contributed by atoms with Crippen molar-refractivity contribution in [2.75, 3.05) is 26.2 Å². The van der Waals surface area contributed by atoms with E-state index in [-0.39, 0.29) is 17.8 Å². The number of aliphatic hydroxyl groups is 1. The monoisotopic (exact) mass is 364 g/mol. The SMILES string of the molecule is CCC(=O)C1=C(O)C(=O)N(CCN(CC)CC)C1c1ccc(Cl)cc1. The van der Waals surface area contributed by atoms with Crippen LogP contribution >= 0.6 is 11.6 Å². The van der Waals surface area contributed by atoms with E-state index >= 15 is 0 Å². The number of nitrogens with zero attached hydrogens (tertiary/aromatic N) is 2. The van der Waals surface area contributed by atoms with Gasteiger partial charge in [-0.2, -0.15) is 0 Å². The van der Waals surface area contributed by atoms with Gasteiger partial charge in [0.1, 0.15) is 0 Å². The third kappa shape index (κ3) is 4.05. The van der Waals surface area contributed by atoms with Crippen LogP contribution in [-0.4, -0.2) is 52.8 Å². The second kappa shape index (κ2) is 8.50. The highest BCUT2D eigenvalue weighted by Gasteiger charge is 2.42. The number of halogens is 1. The second-order valence-electron chi connectivity index (χ2n) is 6.02. The summed E-state index contributed by atoms with van der Waals surface area (Å²) in [5, 5.41) is 10.9. The molecule has 1 aliphatic heterocycles. The van der Waals surface area contributed by atoms with Gasteiger partial charge in [-0.05, 0) is 30.8 Å². The normalized spacial score (nSPS) is 17.7. The van der Waals surface area contributed by atoms with Crippen LogP contribution in [0.15, 0.2) is 35.6 Å². The predicted octanol–water partition coefficient (Wildman–Crippen LogP) is 3.36. The third-order valence-electron chi connectivity index (χ3n) is 4.66. The summed E-state index contributed by atoms with van der Waals surface area (Å²) in [5.74, 6) is -1.12. The van der Waals surface area contributed by atoms with Crippen molar-refractivity contribution in [3.63, 3.8) is 0 Å². The first-order chi connectivity index (χ1) is 11.9. The zero-order chi connectivity index (χ0) is 18.6. The molecule has 0 spiro atoms. The molecular formula is C19H25ClN2O3. The molecule has 1 atom stereocenters. The zero-order valence-corrected chi connectivity index (χ0v) is 15.7. The lowest BCUT2D eigenvalue weighted by Gasteiger charge is -2.29. The molecule has 1 aromatic rings. The number of Topliss-reactive ketones (excluding diaryl/α,β-unsaturated/α-hetero) is 1. The molecule has 1 amide bonds. The Morgan fingerprint density at radius 3 is 2.32 bits per heavy atom. The standard InChI is InChI=1S/C19H25ClN2O3/c1-4-15(23)16-17(13-7-9-14(20)10-8-13)22(19(25)18(16)24)12-11-21(5-2)6-3/h7-10,17,24H,4-6,11-12H2,1-3H3. The highest BCUT2D eigenvalue weighted by molar-refractivity contribution is 6.30. The summed E-state index contributed by atoms with van der Waals surface area (Å²) in [7, 11) is 0. The molecule has 0 aliphatic carbocycles. The summed E-state index contributed by atoms with van der Waals surface area (Å²) in [6.45, 7) is 8.74. The molecule has 1 heterocycles. The molecule has 1 N–H and O–H groups in total. The molecular weight excluding hydrogens is 340 g/mol. The summed E-state index contributed by atoms with van der Waals surface area (Å²) in [4.78, 5) is 28.8. The van der Waals surface area contributed by atoms with Crippen molar-refractivity contribution in [1.82, 2.24) is 9.80 Å². The van der Waals surface area contributed by atoms with Gasteiger partial charge in [-0.3, -0.25) is 9.59 Å². The molecule has 0 bridgehead atoms. The van der Waals surface area contributed by atoms with Crippen LogP contribution in [0.2, 0.25) is 5.02 Å². The number of hydrogen-bond acceptors (Lipinski definition) is 4. The van der Waals surface area contributed by atoms with Crippen LogP contribution < -0.4 is 0 Å². The summed E-state index contributed by atoms with van der Waals surface area (Å²) in [6.07, 6.45) is 0.237. The van der Waals surface area contributed by atoms with Crippen LogP contribution in [-0.2, 0) is 9.59 Å². The molecule has 1 aromatic carbocycles. The van der Waals surface area contributed by atoms with Gasteiger partial charge >= 0.3 is 0 Å². The van der Waals surface area contributed by atoms with Gasteiger partial charge in [-0.15, -0.1) is 0 Å². The van der Waals surface area contributed by atoms with Gasteiger partial charge in [-0.25, -0.2) is 0 Å². The molecule has 5 nitrogen and oxygen atoms in total. The van der Waals surface area contributed by atoms with Crippen molar-refractivity contribution in [1.29, 1.82) is 0 Å². The number of carbonyl (C=O) groups is 2. The molecule has 136 valence electrons. The Balaban J connectivity index is 2.38. The van der Waals surface area contributed by atoms with E-state index < -0.39 is 17.7 Å². The highest BCUT2D eigenvalue weighted by atomic mass is 35.5. The van der Waals surface area contributed by atoms with E-state index in [9.17, 15) is 14.7 Å².